The van der Waals surface area contributed by atoms with Crippen LogP contribution in [0.1, 0.15) is 153 Å². The summed E-state index contributed by atoms with van der Waals surface area (Å²) in [5.41, 5.74) is 24.6. The second-order valence-electron chi connectivity index (χ2n) is 11.7. The molecular formula is C40H62N2Ni. The predicted octanol–water partition coefficient (Wildman–Crippen LogP) is 13.0. The minimum atomic E-state index is 1.01. The van der Waals surface area contributed by atoms with Crippen molar-refractivity contribution in [2.24, 2.45) is 0 Å². The van der Waals surface area contributed by atoms with Gasteiger partial charge in [0.1, 0.15) is 0 Å². The van der Waals surface area contributed by atoms with Crippen molar-refractivity contribution in [3.05, 3.63) is 86.5 Å². The molecule has 1 heterocycles. The quantitative estimate of drug-likeness (QED) is 0.0891. The second kappa shape index (κ2) is 20.9. The summed E-state index contributed by atoms with van der Waals surface area (Å²) < 4.78 is 1.58. The van der Waals surface area contributed by atoms with Gasteiger partial charge in [0, 0.05) is 22.3 Å². The fourth-order valence-electron chi connectivity index (χ4n) is 5.99. The summed E-state index contributed by atoms with van der Waals surface area (Å²) in [6, 6.07) is 13.9. The molecule has 1 aliphatic heterocycles. The normalized spacial score (nSPS) is 13.3. The van der Waals surface area contributed by atoms with Gasteiger partial charge in [-0.15, -0.1) is 0 Å². The number of hydrogen-bond donors (Lipinski definition) is 0. The van der Waals surface area contributed by atoms with E-state index in [9.17, 15) is 5.53 Å². The van der Waals surface area contributed by atoms with Gasteiger partial charge in [-0.05, 0) is 97.9 Å². The van der Waals surface area contributed by atoms with Gasteiger partial charge < -0.3 is 5.53 Å². The molecule has 43 heavy (non-hydrogen) atoms. The van der Waals surface area contributed by atoms with Gasteiger partial charge >= 0.3 is 39.1 Å². The van der Waals surface area contributed by atoms with E-state index in [1.165, 1.54) is 93.8 Å². The summed E-state index contributed by atoms with van der Waals surface area (Å²) in [6.07, 6.45) is 16.1. The molecule has 0 fully saturated rings. The summed E-state index contributed by atoms with van der Waals surface area (Å²) >= 11 is 1.82. The molecule has 0 aromatic heterocycles. The van der Waals surface area contributed by atoms with Crippen molar-refractivity contribution in [1.82, 2.24) is 0 Å². The third kappa shape index (κ3) is 11.1. The van der Waals surface area contributed by atoms with E-state index in [4.69, 9.17) is 0 Å². The zero-order valence-electron chi connectivity index (χ0n) is 29.0. The fraction of sp³-hybridized carbons (Fsp3) is 0.600. The van der Waals surface area contributed by atoms with Crippen molar-refractivity contribution in [1.29, 1.82) is 0 Å². The van der Waals surface area contributed by atoms with E-state index in [0.29, 0.717) is 0 Å². The SMILES string of the molecule is CCCCCCCCC1=C(c2cc(CC)cc(CC)c2)[N+](=[N-])C(c2cc(CC)cc(CC)c2)=C1CCCC.C[CH2][Ni][CH2]C. The number of hydrogen-bond acceptors (Lipinski definition) is 0. The molecule has 0 bridgehead atoms. The van der Waals surface area contributed by atoms with Crippen molar-refractivity contribution < 1.29 is 19.1 Å². The number of aryl methyl sites for hydroxylation is 4. The van der Waals surface area contributed by atoms with Gasteiger partial charge in [0.15, 0.2) is 0 Å². The third-order valence-corrected chi connectivity index (χ3v) is 9.51. The van der Waals surface area contributed by atoms with E-state index in [0.717, 1.165) is 62.8 Å². The molecular weight excluding hydrogens is 567 g/mol. The molecule has 2 aromatic carbocycles. The molecule has 3 rings (SSSR count). The zero-order chi connectivity index (χ0) is 31.6. The second-order valence-corrected chi connectivity index (χ2v) is 13.6. The van der Waals surface area contributed by atoms with E-state index in [1.54, 1.807) is 4.70 Å². The molecule has 3 heteroatoms. The fourth-order valence-corrected chi connectivity index (χ4v) is 6.49. The Kier molecular flexibility index (Phi) is 18.1. The molecule has 0 saturated heterocycles. The Morgan fingerprint density at radius 2 is 0.860 bits per heavy atom. The zero-order valence-corrected chi connectivity index (χ0v) is 30.0. The van der Waals surface area contributed by atoms with Crippen LogP contribution in [0.4, 0.5) is 0 Å². The van der Waals surface area contributed by atoms with Crippen LogP contribution in [0.2, 0.25) is 10.8 Å². The Hall–Kier alpha value is -1.99. The van der Waals surface area contributed by atoms with Crippen molar-refractivity contribution >= 4 is 11.4 Å². The molecule has 0 saturated carbocycles. The average molecular weight is 630 g/mol. The van der Waals surface area contributed by atoms with Crippen LogP contribution in [0.15, 0.2) is 47.5 Å². The van der Waals surface area contributed by atoms with Gasteiger partial charge in [0.25, 0.3) is 0 Å². The van der Waals surface area contributed by atoms with E-state index in [1.807, 2.05) is 14.4 Å². The maximum atomic E-state index is 12.0. The number of benzene rings is 2. The van der Waals surface area contributed by atoms with Crippen LogP contribution < -0.4 is 0 Å². The van der Waals surface area contributed by atoms with E-state index < -0.39 is 0 Å². The van der Waals surface area contributed by atoms with Gasteiger partial charge in [-0.3, -0.25) is 0 Å². The standard InChI is InChI=1S/C36H52N2.2C2H5.Ni/c1-7-13-15-16-17-18-20-34-33(19-14-8-2)35(31-23-27(9-3)21-28(10-4)24-31)38(37)36(34)32-25-29(11-5)22-30(12-6)26-32;2*1-2;/h21-26H,7-20H2,1-6H3;2*1H2,2H3;. The van der Waals surface area contributed by atoms with Gasteiger partial charge in [-0.1, -0.05) is 92.2 Å². The molecule has 0 amide bonds. The third-order valence-electron chi connectivity index (χ3n) is 8.52. The van der Waals surface area contributed by atoms with Crippen LogP contribution in [0.25, 0.3) is 16.9 Å². The Balaban J connectivity index is 0.00000119. The predicted molar refractivity (Wildman–Crippen MR) is 186 cm³/mol. The van der Waals surface area contributed by atoms with Crippen LogP contribution in [-0.4, -0.2) is 4.70 Å². The van der Waals surface area contributed by atoms with Crippen molar-refractivity contribution in [2.75, 3.05) is 0 Å². The van der Waals surface area contributed by atoms with Crippen LogP contribution in [0.3, 0.4) is 0 Å². The Morgan fingerprint density at radius 3 is 1.21 bits per heavy atom. The van der Waals surface area contributed by atoms with Crippen LogP contribution in [-0.2, 0) is 40.1 Å². The van der Waals surface area contributed by atoms with Crippen LogP contribution in [0, 0.1) is 0 Å². The first-order valence-electron chi connectivity index (χ1n) is 17.6. The molecule has 1 aliphatic rings. The number of allylic oxidation sites excluding steroid dienone is 2. The first kappa shape index (κ1) is 37.2. The number of unbranched alkanes of at least 4 members (excludes halogenated alkanes) is 6. The first-order chi connectivity index (χ1) is 20.9. The number of nitrogens with zero attached hydrogens (tertiary/aromatic N) is 2. The minimum absolute atomic E-state index is 1.01. The summed E-state index contributed by atoms with van der Waals surface area (Å²) in [7, 11) is 0. The monoisotopic (exact) mass is 628 g/mol. The average Bonchev–Trinajstić information content (AvgIpc) is 3.31. The van der Waals surface area contributed by atoms with Gasteiger partial charge in [-0.25, -0.2) is 4.70 Å². The van der Waals surface area contributed by atoms with Gasteiger partial charge in [-0.2, -0.15) is 0 Å². The van der Waals surface area contributed by atoms with Crippen LogP contribution in [0.5, 0.6) is 0 Å². The van der Waals surface area contributed by atoms with Gasteiger partial charge in [0.05, 0.1) is 0 Å². The summed E-state index contributed by atoms with van der Waals surface area (Å²) in [4.78, 5) is 0. The summed E-state index contributed by atoms with van der Waals surface area (Å²) in [5.74, 6) is 0. The van der Waals surface area contributed by atoms with E-state index in [-0.39, 0.29) is 0 Å². The Bertz CT molecular complexity index is 1160. The molecule has 242 valence electrons. The summed E-state index contributed by atoms with van der Waals surface area (Å²) in [5, 5.41) is 2.56. The van der Waals surface area contributed by atoms with Crippen LogP contribution >= 0.6 is 0 Å². The molecule has 0 aliphatic carbocycles. The Morgan fingerprint density at radius 1 is 0.488 bits per heavy atom. The van der Waals surface area contributed by atoms with Crippen molar-refractivity contribution in [2.45, 2.75) is 156 Å². The van der Waals surface area contributed by atoms with Crippen molar-refractivity contribution in [3.63, 3.8) is 0 Å². The van der Waals surface area contributed by atoms with Crippen molar-refractivity contribution in [3.8, 4) is 0 Å². The first-order valence-corrected chi connectivity index (χ1v) is 19.0. The molecule has 0 spiro atoms. The molecule has 2 aromatic rings. The Labute approximate surface area is 272 Å². The number of rotatable bonds is 18. The topological polar surface area (TPSA) is 25.3 Å². The van der Waals surface area contributed by atoms with E-state index >= 15 is 0 Å². The molecule has 0 radical (unpaired) electrons. The molecule has 0 N–H and O–H groups in total. The molecule has 0 atom stereocenters. The maximum absolute atomic E-state index is 12.0. The summed E-state index contributed by atoms with van der Waals surface area (Å²) in [6.45, 7) is 17.8. The van der Waals surface area contributed by atoms with Gasteiger partial charge in [0.2, 0.25) is 11.4 Å². The molecule has 0 unspecified atom stereocenters. The van der Waals surface area contributed by atoms with E-state index in [2.05, 4.69) is 91.8 Å². The molecule has 2 nitrogen and oxygen atoms in total.